The molecule has 0 saturated heterocycles. The third kappa shape index (κ3) is 3.40. The van der Waals surface area contributed by atoms with Crippen molar-refractivity contribution in [3.8, 4) is 11.5 Å². The summed E-state index contributed by atoms with van der Waals surface area (Å²) < 4.78 is 5.27. The molecule has 0 aliphatic rings. The molecule has 0 atom stereocenters. The van der Waals surface area contributed by atoms with Gasteiger partial charge >= 0.3 is 11.8 Å². The SMILES string of the molecule is Cc1nc(C(=O)NNC(=O)c2nnc(-c3ccccc3)o2)cs1. The molecule has 0 aliphatic heterocycles. The van der Waals surface area contributed by atoms with E-state index in [1.807, 2.05) is 18.2 Å². The van der Waals surface area contributed by atoms with Gasteiger partial charge in [0.15, 0.2) is 0 Å². The minimum Gasteiger partial charge on any atom is -0.412 e. The number of nitrogens with one attached hydrogen (secondary N) is 2. The fourth-order valence-electron chi connectivity index (χ4n) is 1.71. The molecule has 1 aromatic carbocycles. The fraction of sp³-hybridized carbons (Fsp3) is 0.0714. The van der Waals surface area contributed by atoms with E-state index in [-0.39, 0.29) is 17.5 Å². The molecule has 0 bridgehead atoms. The van der Waals surface area contributed by atoms with Crippen molar-refractivity contribution >= 4 is 23.2 Å². The number of aromatic nitrogens is 3. The molecule has 2 aromatic heterocycles. The van der Waals surface area contributed by atoms with Gasteiger partial charge in [-0.05, 0) is 19.1 Å². The zero-order valence-corrected chi connectivity index (χ0v) is 12.8. The zero-order valence-electron chi connectivity index (χ0n) is 11.9. The van der Waals surface area contributed by atoms with Gasteiger partial charge in [-0.3, -0.25) is 20.4 Å². The highest BCUT2D eigenvalue weighted by molar-refractivity contribution is 7.09. The van der Waals surface area contributed by atoms with E-state index in [9.17, 15) is 9.59 Å². The highest BCUT2D eigenvalue weighted by atomic mass is 32.1. The number of carbonyl (C=O) groups is 2. The predicted molar refractivity (Wildman–Crippen MR) is 81.5 cm³/mol. The fourth-order valence-corrected chi connectivity index (χ4v) is 2.30. The molecule has 0 unspecified atom stereocenters. The van der Waals surface area contributed by atoms with E-state index in [1.54, 1.807) is 24.4 Å². The van der Waals surface area contributed by atoms with Gasteiger partial charge in [0, 0.05) is 10.9 Å². The van der Waals surface area contributed by atoms with Crippen molar-refractivity contribution in [2.24, 2.45) is 0 Å². The predicted octanol–water partition coefficient (Wildman–Crippen LogP) is 1.58. The van der Waals surface area contributed by atoms with Gasteiger partial charge in [0.05, 0.1) is 5.01 Å². The molecule has 0 aliphatic carbocycles. The topological polar surface area (TPSA) is 110 Å². The van der Waals surface area contributed by atoms with Crippen LogP contribution in [-0.2, 0) is 0 Å². The minimum absolute atomic E-state index is 0.220. The van der Waals surface area contributed by atoms with Gasteiger partial charge in [0.25, 0.3) is 5.91 Å². The van der Waals surface area contributed by atoms with Crippen LogP contribution in [0.3, 0.4) is 0 Å². The van der Waals surface area contributed by atoms with Crippen LogP contribution in [0.15, 0.2) is 40.1 Å². The summed E-state index contributed by atoms with van der Waals surface area (Å²) in [6.07, 6.45) is 0. The van der Waals surface area contributed by atoms with E-state index >= 15 is 0 Å². The van der Waals surface area contributed by atoms with E-state index in [0.29, 0.717) is 5.56 Å². The highest BCUT2D eigenvalue weighted by Gasteiger charge is 2.17. The lowest BCUT2D eigenvalue weighted by atomic mass is 10.2. The summed E-state index contributed by atoms with van der Waals surface area (Å²) in [5.41, 5.74) is 5.36. The molecule has 0 saturated carbocycles. The van der Waals surface area contributed by atoms with E-state index in [4.69, 9.17) is 4.42 Å². The third-order valence-electron chi connectivity index (χ3n) is 2.78. The van der Waals surface area contributed by atoms with Crippen LogP contribution in [0.2, 0.25) is 0 Å². The van der Waals surface area contributed by atoms with Crippen molar-refractivity contribution < 1.29 is 14.0 Å². The Morgan fingerprint density at radius 1 is 1.09 bits per heavy atom. The molecule has 0 fully saturated rings. The normalized spacial score (nSPS) is 10.3. The Morgan fingerprint density at radius 2 is 1.83 bits per heavy atom. The first-order valence-corrected chi connectivity index (χ1v) is 7.43. The lowest BCUT2D eigenvalue weighted by molar-refractivity contribution is 0.0825. The zero-order chi connectivity index (χ0) is 16.2. The van der Waals surface area contributed by atoms with Gasteiger partial charge in [-0.25, -0.2) is 4.98 Å². The Bertz CT molecular complexity index is 843. The average Bonchev–Trinajstić information content (AvgIpc) is 3.22. The first-order chi connectivity index (χ1) is 11.1. The molecular formula is C14H11N5O3S. The van der Waals surface area contributed by atoms with Crippen molar-refractivity contribution in [3.05, 3.63) is 52.3 Å². The van der Waals surface area contributed by atoms with Crippen LogP contribution >= 0.6 is 11.3 Å². The summed E-state index contributed by atoms with van der Waals surface area (Å²) in [4.78, 5) is 27.7. The number of rotatable bonds is 3. The minimum atomic E-state index is -0.708. The second-order valence-corrected chi connectivity index (χ2v) is 5.50. The van der Waals surface area contributed by atoms with Crippen molar-refractivity contribution in [2.45, 2.75) is 6.92 Å². The molecule has 2 amide bonds. The maximum absolute atomic E-state index is 11.9. The first-order valence-electron chi connectivity index (χ1n) is 6.55. The van der Waals surface area contributed by atoms with Crippen molar-refractivity contribution in [3.63, 3.8) is 0 Å². The van der Waals surface area contributed by atoms with Crippen LogP contribution in [-0.4, -0.2) is 27.0 Å². The molecule has 23 heavy (non-hydrogen) atoms. The molecule has 3 rings (SSSR count). The van der Waals surface area contributed by atoms with Crippen molar-refractivity contribution in [2.75, 3.05) is 0 Å². The summed E-state index contributed by atoms with van der Waals surface area (Å²) in [6.45, 7) is 1.78. The number of hydrazine groups is 1. The number of thiazole rings is 1. The van der Waals surface area contributed by atoms with Crippen molar-refractivity contribution in [1.29, 1.82) is 0 Å². The van der Waals surface area contributed by atoms with Gasteiger partial charge in [-0.2, -0.15) is 0 Å². The molecule has 116 valence electrons. The summed E-state index contributed by atoms with van der Waals surface area (Å²) in [5, 5.41) is 9.80. The number of nitrogens with zero attached hydrogens (tertiary/aromatic N) is 3. The second kappa shape index (κ2) is 6.36. The van der Waals surface area contributed by atoms with Gasteiger partial charge in [-0.1, -0.05) is 18.2 Å². The van der Waals surface area contributed by atoms with Gasteiger partial charge < -0.3 is 4.42 Å². The van der Waals surface area contributed by atoms with Crippen LogP contribution < -0.4 is 10.9 Å². The van der Waals surface area contributed by atoms with Gasteiger partial charge in [0.1, 0.15) is 5.69 Å². The number of amides is 2. The molecule has 2 heterocycles. The molecule has 9 heteroatoms. The van der Waals surface area contributed by atoms with E-state index < -0.39 is 11.8 Å². The number of hydrogen-bond acceptors (Lipinski definition) is 7. The first kappa shape index (κ1) is 14.9. The standard InChI is InChI=1S/C14H11N5O3S/c1-8-15-10(7-23-8)11(20)16-17-12(21)14-19-18-13(22-14)9-5-3-2-4-6-9/h2-7H,1H3,(H,16,20)(H,17,21). The number of benzene rings is 1. The number of hydrogen-bond donors (Lipinski definition) is 2. The Hall–Kier alpha value is -3.07. The van der Waals surface area contributed by atoms with Gasteiger partial charge in [-0.15, -0.1) is 21.5 Å². The molecule has 0 radical (unpaired) electrons. The number of carbonyl (C=O) groups excluding carboxylic acids is 2. The Balaban J connectivity index is 1.63. The Kier molecular flexibility index (Phi) is 4.11. The van der Waals surface area contributed by atoms with Gasteiger partial charge in [0.2, 0.25) is 5.89 Å². The van der Waals surface area contributed by atoms with E-state index in [2.05, 4.69) is 26.0 Å². The summed E-state index contributed by atoms with van der Waals surface area (Å²) in [6, 6.07) is 9.04. The van der Waals surface area contributed by atoms with Crippen LogP contribution in [0.4, 0.5) is 0 Å². The Morgan fingerprint density at radius 3 is 2.52 bits per heavy atom. The third-order valence-corrected chi connectivity index (χ3v) is 3.55. The maximum Gasteiger partial charge on any atom is 0.327 e. The lowest BCUT2D eigenvalue weighted by Gasteiger charge is -2.02. The average molecular weight is 329 g/mol. The van der Waals surface area contributed by atoms with Crippen LogP contribution in [0.5, 0.6) is 0 Å². The number of aryl methyl sites for hydroxylation is 1. The summed E-state index contributed by atoms with van der Waals surface area (Å²) in [5.74, 6) is -1.26. The summed E-state index contributed by atoms with van der Waals surface area (Å²) >= 11 is 1.34. The molecule has 8 nitrogen and oxygen atoms in total. The quantitative estimate of drug-likeness (QED) is 0.706. The van der Waals surface area contributed by atoms with E-state index in [1.165, 1.54) is 11.3 Å². The van der Waals surface area contributed by atoms with Crippen molar-refractivity contribution in [1.82, 2.24) is 26.0 Å². The van der Waals surface area contributed by atoms with Crippen LogP contribution in [0.25, 0.3) is 11.5 Å². The Labute approximate surface area is 134 Å². The van der Waals surface area contributed by atoms with E-state index in [0.717, 1.165) is 5.01 Å². The summed E-state index contributed by atoms with van der Waals surface area (Å²) in [7, 11) is 0. The molecular weight excluding hydrogens is 318 g/mol. The lowest BCUT2D eigenvalue weighted by Crippen LogP contribution is -2.41. The molecule has 2 N–H and O–H groups in total. The highest BCUT2D eigenvalue weighted by Crippen LogP contribution is 2.16. The maximum atomic E-state index is 11.9. The smallest absolute Gasteiger partial charge is 0.327 e. The second-order valence-electron chi connectivity index (χ2n) is 4.44. The molecule has 3 aromatic rings. The molecule has 0 spiro atoms. The largest absolute Gasteiger partial charge is 0.412 e. The monoisotopic (exact) mass is 329 g/mol. The van der Waals surface area contributed by atoms with Crippen LogP contribution in [0.1, 0.15) is 26.2 Å². The van der Waals surface area contributed by atoms with Crippen LogP contribution in [0, 0.1) is 6.92 Å².